The molecule has 1 nitrogen and oxygen atoms in total. The third-order valence-electron chi connectivity index (χ3n) is 5.76. The van der Waals surface area contributed by atoms with Gasteiger partial charge in [-0.2, -0.15) is 8.78 Å². The molecule has 0 unspecified atom stereocenters. The molecule has 0 aromatic heterocycles. The summed E-state index contributed by atoms with van der Waals surface area (Å²) in [7, 11) is 0. The van der Waals surface area contributed by atoms with E-state index in [0.717, 1.165) is 12.8 Å². The predicted molar refractivity (Wildman–Crippen MR) is 91.3 cm³/mol. The minimum Gasteiger partial charge on any atom is -0.437 e. The lowest BCUT2D eigenvalue weighted by molar-refractivity contribution is -0.256. The van der Waals surface area contributed by atoms with Gasteiger partial charge in [0.25, 0.3) is 0 Å². The Bertz CT molecular complexity index is 484. The monoisotopic (exact) mass is 362 g/mol. The van der Waals surface area contributed by atoms with Gasteiger partial charge >= 0.3 is 6.11 Å². The van der Waals surface area contributed by atoms with E-state index >= 15 is 0 Å². The van der Waals surface area contributed by atoms with Crippen LogP contribution in [0.3, 0.4) is 0 Å². The van der Waals surface area contributed by atoms with Gasteiger partial charge in [0.05, 0.1) is 5.92 Å². The van der Waals surface area contributed by atoms with E-state index < -0.39 is 23.7 Å². The molecule has 5 heteroatoms. The topological polar surface area (TPSA) is 9.23 Å². The Morgan fingerprint density at radius 2 is 1.52 bits per heavy atom. The molecule has 2 rings (SSSR count). The molecule has 0 spiro atoms. The van der Waals surface area contributed by atoms with Crippen molar-refractivity contribution in [2.45, 2.75) is 84.2 Å². The van der Waals surface area contributed by atoms with Gasteiger partial charge in [-0.3, -0.25) is 0 Å². The number of hydrogen-bond acceptors (Lipinski definition) is 1. The second kappa shape index (κ2) is 9.09. The molecule has 0 aromatic rings. The Kier molecular flexibility index (Phi) is 7.38. The maximum absolute atomic E-state index is 14.4. The smallest absolute Gasteiger partial charge is 0.400 e. The molecule has 0 saturated heterocycles. The van der Waals surface area contributed by atoms with Crippen molar-refractivity contribution in [1.82, 2.24) is 0 Å². The zero-order valence-electron chi connectivity index (χ0n) is 15.3. The number of ether oxygens (including phenoxy) is 1. The van der Waals surface area contributed by atoms with E-state index in [1.54, 1.807) is 0 Å². The molecule has 0 amide bonds. The SMILES string of the molecule is CC/C(F)=C(F)\C=C(/C)OC(F)(F)C1CCC(C2CCCCC2)CC1. The van der Waals surface area contributed by atoms with Crippen LogP contribution in [0.1, 0.15) is 78.1 Å². The van der Waals surface area contributed by atoms with Gasteiger partial charge in [0.15, 0.2) is 5.83 Å². The maximum atomic E-state index is 14.4. The molecule has 0 atom stereocenters. The van der Waals surface area contributed by atoms with Gasteiger partial charge in [0.2, 0.25) is 0 Å². The summed E-state index contributed by atoms with van der Waals surface area (Å²) in [5.74, 6) is -1.99. The highest BCUT2D eigenvalue weighted by atomic mass is 19.3. The summed E-state index contributed by atoms with van der Waals surface area (Å²) in [5.41, 5.74) is 0. The van der Waals surface area contributed by atoms with Crippen LogP contribution in [-0.2, 0) is 4.74 Å². The van der Waals surface area contributed by atoms with Crippen LogP contribution >= 0.6 is 0 Å². The van der Waals surface area contributed by atoms with Gasteiger partial charge < -0.3 is 4.74 Å². The minimum atomic E-state index is -3.33. The van der Waals surface area contributed by atoms with Crippen LogP contribution in [0.5, 0.6) is 0 Å². The lowest BCUT2D eigenvalue weighted by Crippen LogP contribution is -2.35. The summed E-state index contributed by atoms with van der Waals surface area (Å²) in [6.45, 7) is 2.70. The molecule has 2 saturated carbocycles. The van der Waals surface area contributed by atoms with Crippen LogP contribution in [0, 0.1) is 17.8 Å². The highest BCUT2D eigenvalue weighted by molar-refractivity contribution is 5.17. The maximum Gasteiger partial charge on any atom is 0.400 e. The number of rotatable bonds is 6. The molecule has 2 fully saturated rings. The summed E-state index contributed by atoms with van der Waals surface area (Å²) in [4.78, 5) is 0. The van der Waals surface area contributed by atoms with E-state index in [0.29, 0.717) is 30.8 Å². The second-order valence-corrected chi connectivity index (χ2v) is 7.54. The average Bonchev–Trinajstić information content (AvgIpc) is 2.61. The Balaban J connectivity index is 1.89. The van der Waals surface area contributed by atoms with Crippen molar-refractivity contribution < 1.29 is 22.3 Å². The quantitative estimate of drug-likeness (QED) is 0.271. The fraction of sp³-hybridized carbons (Fsp3) is 0.800. The lowest BCUT2D eigenvalue weighted by atomic mass is 9.71. The fourth-order valence-corrected chi connectivity index (χ4v) is 4.29. The molecular formula is C20H30F4O. The van der Waals surface area contributed by atoms with Gasteiger partial charge in [0.1, 0.15) is 11.6 Å². The van der Waals surface area contributed by atoms with E-state index in [2.05, 4.69) is 0 Å². The highest BCUT2D eigenvalue weighted by Crippen LogP contribution is 2.45. The first kappa shape index (κ1) is 20.3. The molecule has 25 heavy (non-hydrogen) atoms. The zero-order valence-corrected chi connectivity index (χ0v) is 15.3. The number of alkyl halides is 2. The molecule has 0 heterocycles. The van der Waals surface area contributed by atoms with Crippen LogP contribution in [0.4, 0.5) is 17.6 Å². The largest absolute Gasteiger partial charge is 0.437 e. The van der Waals surface area contributed by atoms with Crippen LogP contribution in [0.2, 0.25) is 0 Å². The first-order valence-corrected chi connectivity index (χ1v) is 9.62. The van der Waals surface area contributed by atoms with Crippen molar-refractivity contribution in [1.29, 1.82) is 0 Å². The summed E-state index contributed by atoms with van der Waals surface area (Å²) in [6, 6.07) is 0. The van der Waals surface area contributed by atoms with Crippen molar-refractivity contribution in [3.8, 4) is 0 Å². The van der Waals surface area contributed by atoms with Crippen LogP contribution < -0.4 is 0 Å². The van der Waals surface area contributed by atoms with Gasteiger partial charge in [-0.25, -0.2) is 8.78 Å². The van der Waals surface area contributed by atoms with E-state index in [-0.39, 0.29) is 12.2 Å². The first-order valence-electron chi connectivity index (χ1n) is 9.62. The number of halogens is 4. The van der Waals surface area contributed by atoms with Gasteiger partial charge in [-0.15, -0.1) is 0 Å². The first-order chi connectivity index (χ1) is 11.8. The molecule has 0 bridgehead atoms. The standard InChI is InChI=1S/C20H30F4O/c1-3-18(21)19(22)13-14(2)25-20(23,24)17-11-9-16(10-12-17)15-7-5-4-6-8-15/h13,15-17H,3-12H2,1-2H3/b14-13+,19-18-. The molecule has 0 radical (unpaired) electrons. The third-order valence-corrected chi connectivity index (χ3v) is 5.76. The molecule has 0 aromatic carbocycles. The van der Waals surface area contributed by atoms with E-state index in [1.165, 1.54) is 46.0 Å². The minimum absolute atomic E-state index is 0.114. The van der Waals surface area contributed by atoms with Crippen molar-refractivity contribution in [2.75, 3.05) is 0 Å². The van der Waals surface area contributed by atoms with Crippen LogP contribution in [-0.4, -0.2) is 6.11 Å². The Morgan fingerprint density at radius 3 is 2.08 bits per heavy atom. The second-order valence-electron chi connectivity index (χ2n) is 7.54. The highest BCUT2D eigenvalue weighted by Gasteiger charge is 2.44. The Labute approximate surface area is 148 Å². The molecule has 2 aliphatic carbocycles. The zero-order chi connectivity index (χ0) is 18.4. The summed E-state index contributed by atoms with van der Waals surface area (Å²) >= 11 is 0. The van der Waals surface area contributed by atoms with Crippen molar-refractivity contribution in [3.05, 3.63) is 23.5 Å². The average molecular weight is 362 g/mol. The van der Waals surface area contributed by atoms with E-state index in [9.17, 15) is 17.6 Å². The summed E-state index contributed by atoms with van der Waals surface area (Å²) in [5, 5.41) is 0. The lowest BCUT2D eigenvalue weighted by Gasteiger charge is -2.38. The van der Waals surface area contributed by atoms with Crippen molar-refractivity contribution >= 4 is 0 Å². The van der Waals surface area contributed by atoms with E-state index in [4.69, 9.17) is 4.74 Å². The van der Waals surface area contributed by atoms with Crippen LogP contribution in [0.15, 0.2) is 23.5 Å². The van der Waals surface area contributed by atoms with Crippen LogP contribution in [0.25, 0.3) is 0 Å². The Hall–Kier alpha value is -1.00. The summed E-state index contributed by atoms with van der Waals surface area (Å²) in [6.07, 6.45) is 6.06. The Morgan fingerprint density at radius 1 is 0.960 bits per heavy atom. The van der Waals surface area contributed by atoms with E-state index in [1.807, 2.05) is 0 Å². The molecule has 0 aliphatic heterocycles. The van der Waals surface area contributed by atoms with Crippen molar-refractivity contribution in [3.63, 3.8) is 0 Å². The molecular weight excluding hydrogens is 332 g/mol. The van der Waals surface area contributed by atoms with Crippen molar-refractivity contribution in [2.24, 2.45) is 17.8 Å². The van der Waals surface area contributed by atoms with Gasteiger partial charge in [-0.05, 0) is 50.9 Å². The summed E-state index contributed by atoms with van der Waals surface area (Å²) < 4.78 is 60.0. The molecule has 144 valence electrons. The molecule has 2 aliphatic rings. The number of allylic oxidation sites excluding steroid dienone is 4. The van der Waals surface area contributed by atoms with Gasteiger partial charge in [-0.1, -0.05) is 39.0 Å². The fourth-order valence-electron chi connectivity index (χ4n) is 4.29. The van der Waals surface area contributed by atoms with Gasteiger partial charge in [0, 0.05) is 6.08 Å². The predicted octanol–water partition coefficient (Wildman–Crippen LogP) is 7.45. The normalized spacial score (nSPS) is 27.8. The third kappa shape index (κ3) is 5.75. The molecule has 0 N–H and O–H groups in total. The number of hydrogen-bond donors (Lipinski definition) is 0.